The van der Waals surface area contributed by atoms with E-state index < -0.39 is 10.0 Å². The molecule has 0 saturated heterocycles. The molecule has 0 radical (unpaired) electrons. The normalized spacial score (nSPS) is 12.4. The number of ether oxygens (including phenoxy) is 1. The fraction of sp³-hybridized carbons (Fsp3) is 0.500. The summed E-state index contributed by atoms with van der Waals surface area (Å²) < 4.78 is 31.6. The Balaban J connectivity index is 2.96. The Bertz CT molecular complexity index is 519. The number of anilines is 1. The zero-order chi connectivity index (χ0) is 14.0. The van der Waals surface area contributed by atoms with E-state index in [2.05, 4.69) is 4.72 Å². The van der Waals surface area contributed by atoms with Crippen molar-refractivity contribution >= 4 is 15.7 Å². The van der Waals surface area contributed by atoms with Crippen LogP contribution in [-0.2, 0) is 10.0 Å². The number of methoxy groups -OCH3 is 1. The van der Waals surface area contributed by atoms with Gasteiger partial charge in [-0.2, -0.15) is 0 Å². The predicted octanol–water partition coefficient (Wildman–Crippen LogP) is 1.60. The molecule has 0 atom stereocenters. The summed E-state index contributed by atoms with van der Waals surface area (Å²) in [5, 5.41) is 0. The van der Waals surface area contributed by atoms with Gasteiger partial charge in [-0.25, -0.2) is 13.1 Å². The standard InChI is InChI=1S/C12H20N2O3S/c1-12(2,3)8-14-18(15,16)9-5-6-11(17-4)10(13)7-9/h5-7,14H,8,13H2,1-4H3. The van der Waals surface area contributed by atoms with Crippen LogP contribution in [0.1, 0.15) is 20.8 Å². The first-order chi connectivity index (χ1) is 8.15. The first-order valence-corrected chi connectivity index (χ1v) is 7.07. The third-order valence-electron chi connectivity index (χ3n) is 2.30. The predicted molar refractivity (Wildman–Crippen MR) is 72.0 cm³/mol. The van der Waals surface area contributed by atoms with Crippen LogP contribution in [0.2, 0.25) is 0 Å². The molecule has 1 aromatic carbocycles. The minimum atomic E-state index is -3.53. The van der Waals surface area contributed by atoms with E-state index in [-0.39, 0.29) is 10.3 Å². The van der Waals surface area contributed by atoms with Gasteiger partial charge in [-0.15, -0.1) is 0 Å². The van der Waals surface area contributed by atoms with Crippen LogP contribution in [0.4, 0.5) is 5.69 Å². The second-order valence-corrected chi connectivity index (χ2v) is 7.06. The Hall–Kier alpha value is -1.27. The molecule has 0 amide bonds. The molecule has 0 aliphatic heterocycles. The molecule has 0 aliphatic rings. The highest BCUT2D eigenvalue weighted by Gasteiger charge is 2.19. The number of benzene rings is 1. The van der Waals surface area contributed by atoms with Crippen molar-refractivity contribution < 1.29 is 13.2 Å². The van der Waals surface area contributed by atoms with Crippen LogP contribution in [0.5, 0.6) is 5.75 Å². The summed E-state index contributed by atoms with van der Waals surface area (Å²) in [5.74, 6) is 0.463. The molecule has 0 bridgehead atoms. The van der Waals surface area contributed by atoms with Gasteiger partial charge >= 0.3 is 0 Å². The Morgan fingerprint density at radius 2 is 1.94 bits per heavy atom. The van der Waals surface area contributed by atoms with Crippen molar-refractivity contribution in [3.63, 3.8) is 0 Å². The van der Waals surface area contributed by atoms with E-state index in [1.165, 1.54) is 19.2 Å². The minimum absolute atomic E-state index is 0.120. The Morgan fingerprint density at radius 3 is 2.39 bits per heavy atom. The second-order valence-electron chi connectivity index (χ2n) is 5.29. The zero-order valence-electron chi connectivity index (χ0n) is 11.1. The van der Waals surface area contributed by atoms with Gasteiger partial charge in [-0.1, -0.05) is 20.8 Å². The fourth-order valence-electron chi connectivity index (χ4n) is 1.27. The van der Waals surface area contributed by atoms with Gasteiger partial charge in [0.1, 0.15) is 5.75 Å². The van der Waals surface area contributed by atoms with Gasteiger partial charge in [0.2, 0.25) is 10.0 Å². The van der Waals surface area contributed by atoms with E-state index in [4.69, 9.17) is 10.5 Å². The van der Waals surface area contributed by atoms with Gasteiger partial charge < -0.3 is 10.5 Å². The van der Waals surface area contributed by atoms with Crippen LogP contribution in [0.15, 0.2) is 23.1 Å². The average Bonchev–Trinajstić information content (AvgIpc) is 2.25. The number of hydrogen-bond acceptors (Lipinski definition) is 4. The van der Waals surface area contributed by atoms with Crippen molar-refractivity contribution in [2.75, 3.05) is 19.4 Å². The topological polar surface area (TPSA) is 81.4 Å². The largest absolute Gasteiger partial charge is 0.495 e. The van der Waals surface area contributed by atoms with Gasteiger partial charge in [0, 0.05) is 6.54 Å². The summed E-state index contributed by atoms with van der Waals surface area (Å²) in [6, 6.07) is 4.41. The smallest absolute Gasteiger partial charge is 0.240 e. The van der Waals surface area contributed by atoms with Crippen LogP contribution in [-0.4, -0.2) is 22.1 Å². The molecule has 1 rings (SSSR count). The van der Waals surface area contributed by atoms with E-state index >= 15 is 0 Å². The highest BCUT2D eigenvalue weighted by atomic mass is 32.2. The molecule has 6 heteroatoms. The maximum absolute atomic E-state index is 12.0. The highest BCUT2D eigenvalue weighted by molar-refractivity contribution is 7.89. The first kappa shape index (κ1) is 14.8. The highest BCUT2D eigenvalue weighted by Crippen LogP contribution is 2.24. The first-order valence-electron chi connectivity index (χ1n) is 5.59. The van der Waals surface area contributed by atoms with Gasteiger partial charge in [0.05, 0.1) is 17.7 Å². The maximum atomic E-state index is 12.0. The number of nitrogen functional groups attached to an aromatic ring is 1. The SMILES string of the molecule is COc1ccc(S(=O)(=O)NCC(C)(C)C)cc1N. The Morgan fingerprint density at radius 1 is 1.33 bits per heavy atom. The molecule has 0 spiro atoms. The molecule has 0 fully saturated rings. The molecular formula is C12H20N2O3S. The lowest BCUT2D eigenvalue weighted by Gasteiger charge is -2.19. The number of hydrogen-bond donors (Lipinski definition) is 2. The van der Waals surface area contributed by atoms with Crippen LogP contribution >= 0.6 is 0 Å². The molecular weight excluding hydrogens is 252 g/mol. The van der Waals surface area contributed by atoms with Gasteiger partial charge in [-0.05, 0) is 23.6 Å². The van der Waals surface area contributed by atoms with Crippen molar-refractivity contribution in [1.29, 1.82) is 0 Å². The summed E-state index contributed by atoms with van der Waals surface area (Å²) >= 11 is 0. The third kappa shape index (κ3) is 3.89. The Labute approximate surface area is 108 Å². The minimum Gasteiger partial charge on any atom is -0.495 e. The van der Waals surface area contributed by atoms with E-state index in [1.807, 2.05) is 20.8 Å². The monoisotopic (exact) mass is 272 g/mol. The third-order valence-corrected chi connectivity index (χ3v) is 3.70. The number of nitrogens with one attached hydrogen (secondary N) is 1. The van der Waals surface area contributed by atoms with Crippen molar-refractivity contribution in [2.24, 2.45) is 5.41 Å². The number of nitrogens with two attached hydrogens (primary N) is 1. The van der Waals surface area contributed by atoms with Crippen molar-refractivity contribution in [3.8, 4) is 5.75 Å². The van der Waals surface area contributed by atoms with Crippen LogP contribution in [0.25, 0.3) is 0 Å². The summed E-state index contributed by atoms with van der Waals surface area (Å²) in [5.41, 5.74) is 5.88. The maximum Gasteiger partial charge on any atom is 0.240 e. The van der Waals surface area contributed by atoms with Crippen LogP contribution in [0.3, 0.4) is 0 Å². The number of rotatable bonds is 4. The summed E-state index contributed by atoms with van der Waals surface area (Å²) in [7, 11) is -2.04. The lowest BCUT2D eigenvalue weighted by molar-refractivity contribution is 0.407. The molecule has 0 unspecified atom stereocenters. The van der Waals surface area contributed by atoms with Crippen molar-refractivity contribution in [1.82, 2.24) is 4.72 Å². The van der Waals surface area contributed by atoms with E-state index in [9.17, 15) is 8.42 Å². The Kier molecular flexibility index (Phi) is 4.24. The van der Waals surface area contributed by atoms with Crippen LogP contribution in [0, 0.1) is 5.41 Å². The molecule has 0 saturated carbocycles. The molecule has 3 N–H and O–H groups in total. The molecule has 1 aromatic rings. The summed E-state index contributed by atoms with van der Waals surface area (Å²) in [6.45, 7) is 6.23. The molecule has 18 heavy (non-hydrogen) atoms. The van der Waals surface area contributed by atoms with E-state index in [0.717, 1.165) is 0 Å². The molecule has 0 aliphatic carbocycles. The lowest BCUT2D eigenvalue weighted by atomic mass is 9.98. The number of sulfonamides is 1. The van der Waals surface area contributed by atoms with Gasteiger partial charge in [-0.3, -0.25) is 0 Å². The van der Waals surface area contributed by atoms with Gasteiger partial charge in [0.15, 0.2) is 0 Å². The molecule has 0 aromatic heterocycles. The quantitative estimate of drug-likeness (QED) is 0.816. The lowest BCUT2D eigenvalue weighted by Crippen LogP contribution is -2.32. The summed E-state index contributed by atoms with van der Waals surface area (Å²) in [6.07, 6.45) is 0. The fourth-order valence-corrected chi connectivity index (χ4v) is 2.59. The zero-order valence-corrected chi connectivity index (χ0v) is 12.0. The average molecular weight is 272 g/mol. The summed E-state index contributed by atoms with van der Waals surface area (Å²) in [4.78, 5) is 0.144. The molecule has 0 heterocycles. The van der Waals surface area contributed by atoms with Crippen molar-refractivity contribution in [2.45, 2.75) is 25.7 Å². The van der Waals surface area contributed by atoms with E-state index in [0.29, 0.717) is 18.0 Å². The molecule has 5 nitrogen and oxygen atoms in total. The van der Waals surface area contributed by atoms with E-state index in [1.54, 1.807) is 6.07 Å². The van der Waals surface area contributed by atoms with Gasteiger partial charge in [0.25, 0.3) is 0 Å². The van der Waals surface area contributed by atoms with Crippen molar-refractivity contribution in [3.05, 3.63) is 18.2 Å². The molecule has 102 valence electrons. The van der Waals surface area contributed by atoms with Crippen LogP contribution < -0.4 is 15.2 Å². The second kappa shape index (κ2) is 5.16.